The van der Waals surface area contributed by atoms with Crippen molar-refractivity contribution in [3.05, 3.63) is 58.9 Å². The van der Waals surface area contributed by atoms with Crippen molar-refractivity contribution >= 4 is 40.1 Å². The summed E-state index contributed by atoms with van der Waals surface area (Å²) in [7, 11) is 0. The summed E-state index contributed by atoms with van der Waals surface area (Å²) in [5.41, 5.74) is 1.42. The van der Waals surface area contributed by atoms with E-state index in [9.17, 15) is 14.0 Å². The quantitative estimate of drug-likeness (QED) is 0.723. The van der Waals surface area contributed by atoms with Gasteiger partial charge in [0, 0.05) is 24.5 Å². The summed E-state index contributed by atoms with van der Waals surface area (Å²) in [6, 6.07) is 11.7. The summed E-state index contributed by atoms with van der Waals surface area (Å²) in [5.74, 6) is -1.22. The van der Waals surface area contributed by atoms with E-state index in [-0.39, 0.29) is 36.0 Å². The zero-order chi connectivity index (χ0) is 19.0. The van der Waals surface area contributed by atoms with Crippen LogP contribution >= 0.6 is 11.6 Å². The lowest BCUT2D eigenvalue weighted by molar-refractivity contribution is -0.126. The molecular formula is C19H16ClFN4O2. The Bertz CT molecular complexity index is 1020. The maximum absolute atomic E-state index is 14.2. The zero-order valence-corrected chi connectivity index (χ0v) is 15.0. The smallest absolute Gasteiger partial charge is 0.229 e. The van der Waals surface area contributed by atoms with Gasteiger partial charge >= 0.3 is 0 Å². The molecule has 2 amide bonds. The van der Waals surface area contributed by atoms with Crippen LogP contribution in [0.25, 0.3) is 10.9 Å². The summed E-state index contributed by atoms with van der Waals surface area (Å²) in [5, 5.41) is 10.5. The average molecular weight is 387 g/mol. The Morgan fingerprint density at radius 2 is 2.07 bits per heavy atom. The van der Waals surface area contributed by atoms with E-state index >= 15 is 0 Å². The summed E-state index contributed by atoms with van der Waals surface area (Å²) < 4.78 is 14.2. The highest BCUT2D eigenvalue weighted by molar-refractivity contribution is 6.30. The van der Waals surface area contributed by atoms with E-state index in [1.165, 1.54) is 11.0 Å². The molecule has 138 valence electrons. The molecule has 0 spiro atoms. The number of nitrogens with one attached hydrogen (secondary N) is 2. The Morgan fingerprint density at radius 1 is 1.30 bits per heavy atom. The third kappa shape index (κ3) is 3.38. The van der Waals surface area contributed by atoms with E-state index < -0.39 is 11.7 Å². The van der Waals surface area contributed by atoms with Crippen LogP contribution < -0.4 is 10.2 Å². The van der Waals surface area contributed by atoms with Crippen LogP contribution in [0.5, 0.6) is 0 Å². The first-order valence-electron chi connectivity index (χ1n) is 8.48. The molecule has 8 heteroatoms. The Kier molecular flexibility index (Phi) is 4.53. The molecule has 1 atom stereocenters. The fraction of sp³-hybridized carbons (Fsp3) is 0.211. The van der Waals surface area contributed by atoms with E-state index in [2.05, 4.69) is 15.5 Å². The van der Waals surface area contributed by atoms with Gasteiger partial charge in [-0.2, -0.15) is 5.10 Å². The number of amides is 2. The molecule has 0 bridgehead atoms. The van der Waals surface area contributed by atoms with Crippen molar-refractivity contribution in [1.29, 1.82) is 0 Å². The van der Waals surface area contributed by atoms with Crippen molar-refractivity contribution in [3.8, 4) is 0 Å². The van der Waals surface area contributed by atoms with Crippen molar-refractivity contribution in [1.82, 2.24) is 15.5 Å². The first kappa shape index (κ1) is 17.5. The van der Waals surface area contributed by atoms with Crippen molar-refractivity contribution in [3.63, 3.8) is 0 Å². The van der Waals surface area contributed by atoms with Crippen LogP contribution in [0.15, 0.2) is 42.5 Å². The van der Waals surface area contributed by atoms with Crippen LogP contribution in [0.3, 0.4) is 0 Å². The lowest BCUT2D eigenvalue weighted by Gasteiger charge is -2.14. The van der Waals surface area contributed by atoms with Crippen molar-refractivity contribution < 1.29 is 14.0 Å². The molecule has 3 aromatic rings. The number of anilines is 1. The van der Waals surface area contributed by atoms with Crippen molar-refractivity contribution in [2.75, 3.05) is 11.4 Å². The van der Waals surface area contributed by atoms with Gasteiger partial charge in [-0.3, -0.25) is 19.6 Å². The number of benzene rings is 2. The minimum Gasteiger partial charge on any atom is -0.352 e. The number of H-pyrrole nitrogens is 1. The predicted molar refractivity (Wildman–Crippen MR) is 99.8 cm³/mol. The van der Waals surface area contributed by atoms with Gasteiger partial charge in [-0.1, -0.05) is 29.8 Å². The third-order valence-corrected chi connectivity index (χ3v) is 4.90. The minimum atomic E-state index is -0.511. The van der Waals surface area contributed by atoms with Crippen LogP contribution in [0.1, 0.15) is 12.0 Å². The third-order valence-electron chi connectivity index (χ3n) is 4.65. The number of hydrogen-bond acceptors (Lipinski definition) is 3. The lowest BCUT2D eigenvalue weighted by Crippen LogP contribution is -2.32. The second kappa shape index (κ2) is 7.00. The van der Waals surface area contributed by atoms with Gasteiger partial charge in [-0.05, 0) is 29.8 Å². The van der Waals surface area contributed by atoms with E-state index in [1.807, 2.05) is 12.1 Å². The number of aromatic amines is 1. The summed E-state index contributed by atoms with van der Waals surface area (Å²) in [6.07, 6.45) is 0.0647. The van der Waals surface area contributed by atoms with E-state index in [0.717, 1.165) is 5.56 Å². The highest BCUT2D eigenvalue weighted by Crippen LogP contribution is 2.31. The van der Waals surface area contributed by atoms with Crippen LogP contribution in [-0.2, 0) is 16.1 Å². The van der Waals surface area contributed by atoms with Crippen LogP contribution in [0, 0.1) is 11.7 Å². The fourth-order valence-electron chi connectivity index (χ4n) is 3.23. The molecule has 1 aliphatic rings. The molecular weight excluding hydrogens is 371 g/mol. The predicted octanol–water partition coefficient (Wildman–Crippen LogP) is 3.02. The molecule has 0 saturated carbocycles. The van der Waals surface area contributed by atoms with Gasteiger partial charge in [0.2, 0.25) is 11.8 Å². The number of carbonyl (C=O) groups excluding carboxylic acids is 2. The van der Waals surface area contributed by atoms with E-state index in [0.29, 0.717) is 17.1 Å². The molecule has 1 aromatic heterocycles. The maximum Gasteiger partial charge on any atom is 0.229 e. The number of rotatable bonds is 4. The standard InChI is InChI=1S/C19H16ClFN4O2/c20-13-6-4-11(5-7-13)9-22-19(27)12-8-16(26)25(10-12)18-17-14(21)2-1-3-15(17)23-24-18/h1-7,12H,8-10H2,(H,22,27)(H,23,24). The molecule has 2 aromatic carbocycles. The van der Waals surface area contributed by atoms with E-state index in [4.69, 9.17) is 11.6 Å². The van der Waals surface area contributed by atoms with Crippen LogP contribution in [0.4, 0.5) is 10.2 Å². The lowest BCUT2D eigenvalue weighted by atomic mass is 10.1. The number of aromatic nitrogens is 2. The Hall–Kier alpha value is -2.93. The summed E-state index contributed by atoms with van der Waals surface area (Å²) >= 11 is 5.85. The molecule has 4 rings (SSSR count). The Morgan fingerprint density at radius 3 is 2.85 bits per heavy atom. The Balaban J connectivity index is 1.47. The number of hydrogen-bond donors (Lipinski definition) is 2. The van der Waals surface area contributed by atoms with Crippen LogP contribution in [0.2, 0.25) is 5.02 Å². The maximum atomic E-state index is 14.2. The van der Waals surface area contributed by atoms with Gasteiger partial charge in [-0.15, -0.1) is 0 Å². The fourth-order valence-corrected chi connectivity index (χ4v) is 3.36. The highest BCUT2D eigenvalue weighted by Gasteiger charge is 2.37. The van der Waals surface area contributed by atoms with Gasteiger partial charge in [0.1, 0.15) is 5.82 Å². The monoisotopic (exact) mass is 386 g/mol. The number of fused-ring (bicyclic) bond motifs is 1. The molecule has 2 heterocycles. The SMILES string of the molecule is O=C(NCc1ccc(Cl)cc1)C1CC(=O)N(c2n[nH]c3cccc(F)c23)C1. The average Bonchev–Trinajstić information content (AvgIpc) is 3.25. The molecule has 1 saturated heterocycles. The van der Waals surface area contributed by atoms with Crippen molar-refractivity contribution in [2.45, 2.75) is 13.0 Å². The van der Waals surface area contributed by atoms with E-state index in [1.54, 1.807) is 24.3 Å². The number of halogens is 2. The van der Waals surface area contributed by atoms with Crippen LogP contribution in [-0.4, -0.2) is 28.6 Å². The van der Waals surface area contributed by atoms with Gasteiger partial charge in [0.05, 0.1) is 16.8 Å². The number of nitrogens with zero attached hydrogens (tertiary/aromatic N) is 2. The zero-order valence-electron chi connectivity index (χ0n) is 14.2. The number of carbonyl (C=O) groups is 2. The second-order valence-electron chi connectivity index (χ2n) is 6.46. The van der Waals surface area contributed by atoms with Gasteiger partial charge in [0.25, 0.3) is 0 Å². The topological polar surface area (TPSA) is 78.1 Å². The first-order valence-corrected chi connectivity index (χ1v) is 8.86. The van der Waals surface area contributed by atoms with Gasteiger partial charge in [0.15, 0.2) is 5.82 Å². The minimum absolute atomic E-state index is 0.0647. The normalized spacial score (nSPS) is 16.9. The molecule has 27 heavy (non-hydrogen) atoms. The molecule has 6 nitrogen and oxygen atoms in total. The molecule has 0 radical (unpaired) electrons. The summed E-state index contributed by atoms with van der Waals surface area (Å²) in [6.45, 7) is 0.514. The van der Waals surface area contributed by atoms with Crippen molar-refractivity contribution in [2.24, 2.45) is 5.92 Å². The molecule has 2 N–H and O–H groups in total. The second-order valence-corrected chi connectivity index (χ2v) is 6.90. The highest BCUT2D eigenvalue weighted by atomic mass is 35.5. The molecule has 1 aliphatic heterocycles. The largest absolute Gasteiger partial charge is 0.352 e. The molecule has 1 unspecified atom stereocenters. The molecule has 1 fully saturated rings. The Labute approximate surface area is 159 Å². The van der Waals surface area contributed by atoms with Gasteiger partial charge < -0.3 is 5.32 Å². The summed E-state index contributed by atoms with van der Waals surface area (Å²) in [4.78, 5) is 26.2. The van der Waals surface area contributed by atoms with Gasteiger partial charge in [-0.25, -0.2) is 4.39 Å². The molecule has 0 aliphatic carbocycles. The first-order chi connectivity index (χ1) is 13.0.